The molecule has 11 heavy (non-hydrogen) atoms. The monoisotopic (exact) mass is 159 g/mol. The topological polar surface area (TPSA) is 80.4 Å². The van der Waals surface area contributed by atoms with Gasteiger partial charge >= 0.3 is 5.97 Å². The fourth-order valence-corrected chi connectivity index (χ4v) is 0.528. The van der Waals surface area contributed by atoms with Crippen molar-refractivity contribution in [1.82, 2.24) is 0 Å². The van der Waals surface area contributed by atoms with Gasteiger partial charge in [0.25, 0.3) is 0 Å². The van der Waals surface area contributed by atoms with Crippen LogP contribution in [-0.4, -0.2) is 22.5 Å². The van der Waals surface area contributed by atoms with Crippen LogP contribution in [0.5, 0.6) is 0 Å². The van der Waals surface area contributed by atoms with Gasteiger partial charge in [-0.25, -0.2) is 4.79 Å². The minimum Gasteiger partial charge on any atom is -0.478 e. The van der Waals surface area contributed by atoms with Gasteiger partial charge in [0.2, 0.25) is 6.54 Å². The second kappa shape index (κ2) is 4.43. The second-order valence-electron chi connectivity index (χ2n) is 2.07. The largest absolute Gasteiger partial charge is 0.478 e. The Hall–Kier alpha value is -1.39. The van der Waals surface area contributed by atoms with Crippen LogP contribution >= 0.6 is 0 Å². The van der Waals surface area contributed by atoms with E-state index in [-0.39, 0.29) is 25.0 Å². The molecular weight excluding hydrogens is 150 g/mol. The predicted molar refractivity (Wildman–Crippen MR) is 37.9 cm³/mol. The Kier molecular flexibility index (Phi) is 3.87. The molecule has 0 saturated heterocycles. The van der Waals surface area contributed by atoms with Crippen LogP contribution in [0.2, 0.25) is 0 Å². The van der Waals surface area contributed by atoms with E-state index in [0.29, 0.717) is 0 Å². The lowest BCUT2D eigenvalue weighted by molar-refractivity contribution is -0.480. The van der Waals surface area contributed by atoms with Gasteiger partial charge in [0.05, 0.1) is 0 Å². The Morgan fingerprint density at radius 1 is 1.64 bits per heavy atom. The summed E-state index contributed by atoms with van der Waals surface area (Å²) in [6.45, 7) is 3.03. The highest BCUT2D eigenvalue weighted by molar-refractivity contribution is 5.85. The molecule has 0 unspecified atom stereocenters. The van der Waals surface area contributed by atoms with E-state index in [1.807, 2.05) is 0 Å². The van der Waals surface area contributed by atoms with Gasteiger partial charge in [0, 0.05) is 16.9 Å². The number of nitro groups is 1. The number of nitrogens with zero attached hydrogens (tertiary/aromatic N) is 1. The number of aliphatic carboxylic acids is 1. The molecule has 0 aliphatic heterocycles. The Morgan fingerprint density at radius 2 is 2.18 bits per heavy atom. The lowest BCUT2D eigenvalue weighted by Crippen LogP contribution is -2.04. The van der Waals surface area contributed by atoms with Crippen LogP contribution in [0.25, 0.3) is 0 Å². The van der Waals surface area contributed by atoms with Crippen molar-refractivity contribution in [3.8, 4) is 0 Å². The van der Waals surface area contributed by atoms with Crippen molar-refractivity contribution in [2.45, 2.75) is 12.8 Å². The molecule has 0 bridgehead atoms. The van der Waals surface area contributed by atoms with E-state index in [9.17, 15) is 14.9 Å². The molecule has 0 saturated carbocycles. The highest BCUT2D eigenvalue weighted by atomic mass is 16.6. The minimum absolute atomic E-state index is 0.0202. The zero-order valence-corrected chi connectivity index (χ0v) is 5.95. The van der Waals surface area contributed by atoms with Crippen LogP contribution in [-0.2, 0) is 4.79 Å². The third kappa shape index (κ3) is 5.07. The van der Waals surface area contributed by atoms with Crippen molar-refractivity contribution in [3.63, 3.8) is 0 Å². The average Bonchev–Trinajstić information content (AvgIpc) is 1.86. The Balaban J connectivity index is 3.47. The van der Waals surface area contributed by atoms with E-state index in [4.69, 9.17) is 5.11 Å². The smallest absolute Gasteiger partial charge is 0.330 e. The number of hydrogen-bond acceptors (Lipinski definition) is 3. The molecule has 0 amide bonds. The van der Waals surface area contributed by atoms with E-state index >= 15 is 0 Å². The van der Waals surface area contributed by atoms with Crippen LogP contribution in [0.4, 0.5) is 0 Å². The number of carboxylic acids is 1. The van der Waals surface area contributed by atoms with E-state index in [1.54, 1.807) is 0 Å². The SMILES string of the molecule is C=C(CCC[N+](=O)[O-])C(=O)O. The molecule has 0 rings (SSSR count). The molecule has 62 valence electrons. The van der Waals surface area contributed by atoms with Crippen molar-refractivity contribution in [3.05, 3.63) is 22.3 Å². The molecule has 0 spiro atoms. The van der Waals surface area contributed by atoms with Crippen LogP contribution in [0.1, 0.15) is 12.8 Å². The molecule has 0 aromatic heterocycles. The number of rotatable bonds is 5. The molecule has 0 fully saturated rings. The fraction of sp³-hybridized carbons (Fsp3) is 0.500. The molecule has 0 radical (unpaired) electrons. The maximum atomic E-state index is 10.1. The maximum Gasteiger partial charge on any atom is 0.330 e. The molecule has 1 N–H and O–H groups in total. The molecule has 0 atom stereocenters. The summed E-state index contributed by atoms with van der Waals surface area (Å²) >= 11 is 0. The van der Waals surface area contributed by atoms with E-state index < -0.39 is 10.9 Å². The van der Waals surface area contributed by atoms with Crippen molar-refractivity contribution in [1.29, 1.82) is 0 Å². The quantitative estimate of drug-likeness (QED) is 0.363. The summed E-state index contributed by atoms with van der Waals surface area (Å²) in [5.41, 5.74) is 0.0202. The lowest BCUT2D eigenvalue weighted by Gasteiger charge is -1.95. The number of carboxylic acid groups (broad SMARTS) is 1. The molecule has 0 aromatic carbocycles. The van der Waals surface area contributed by atoms with Crippen molar-refractivity contribution < 1.29 is 14.8 Å². The third-order valence-corrected chi connectivity index (χ3v) is 1.12. The summed E-state index contributed by atoms with van der Waals surface area (Å²) in [7, 11) is 0. The summed E-state index contributed by atoms with van der Waals surface area (Å²) in [4.78, 5) is 19.4. The molecule has 0 aliphatic carbocycles. The third-order valence-electron chi connectivity index (χ3n) is 1.12. The zero-order chi connectivity index (χ0) is 8.85. The Labute approximate surface area is 63.5 Å². The highest BCUT2D eigenvalue weighted by Crippen LogP contribution is 2.01. The van der Waals surface area contributed by atoms with Crippen LogP contribution in [0.3, 0.4) is 0 Å². The van der Waals surface area contributed by atoms with E-state index in [2.05, 4.69) is 6.58 Å². The van der Waals surface area contributed by atoms with Crippen molar-refractivity contribution >= 4 is 5.97 Å². The van der Waals surface area contributed by atoms with Crippen molar-refractivity contribution in [2.75, 3.05) is 6.54 Å². The first-order chi connectivity index (χ1) is 5.04. The van der Waals surface area contributed by atoms with Gasteiger partial charge in [-0.2, -0.15) is 0 Å². The number of hydrogen-bond donors (Lipinski definition) is 1. The minimum atomic E-state index is -1.09. The van der Waals surface area contributed by atoms with Gasteiger partial charge in [-0.15, -0.1) is 0 Å². The van der Waals surface area contributed by atoms with Crippen LogP contribution in [0, 0.1) is 10.1 Å². The first-order valence-corrected chi connectivity index (χ1v) is 3.07. The van der Waals surface area contributed by atoms with Gasteiger partial charge in [-0.1, -0.05) is 6.58 Å². The maximum absolute atomic E-state index is 10.1. The molecule has 0 heterocycles. The Morgan fingerprint density at radius 3 is 2.55 bits per heavy atom. The standard InChI is InChI=1S/C6H9NO4/c1-5(6(8)9)3-2-4-7(10)11/h1-4H2,(H,8,9). The van der Waals surface area contributed by atoms with E-state index in [0.717, 1.165) is 0 Å². The van der Waals surface area contributed by atoms with Gasteiger partial charge in [-0.3, -0.25) is 10.1 Å². The zero-order valence-electron chi connectivity index (χ0n) is 5.95. The normalized spacial score (nSPS) is 9.09. The summed E-state index contributed by atoms with van der Waals surface area (Å²) in [6.07, 6.45) is 0.411. The summed E-state index contributed by atoms with van der Waals surface area (Å²) < 4.78 is 0. The Bertz CT molecular complexity index is 187. The van der Waals surface area contributed by atoms with Crippen LogP contribution < -0.4 is 0 Å². The average molecular weight is 159 g/mol. The first-order valence-electron chi connectivity index (χ1n) is 3.07. The van der Waals surface area contributed by atoms with Gasteiger partial charge in [0.1, 0.15) is 0 Å². The van der Waals surface area contributed by atoms with E-state index in [1.165, 1.54) is 0 Å². The fourth-order valence-electron chi connectivity index (χ4n) is 0.528. The van der Waals surface area contributed by atoms with Crippen LogP contribution in [0.15, 0.2) is 12.2 Å². The van der Waals surface area contributed by atoms with Gasteiger partial charge in [-0.05, 0) is 6.42 Å². The number of carbonyl (C=O) groups is 1. The molecule has 5 heteroatoms. The summed E-state index contributed by atoms with van der Waals surface area (Å²) in [5.74, 6) is -1.09. The highest BCUT2D eigenvalue weighted by Gasteiger charge is 2.05. The molecule has 0 aromatic rings. The summed E-state index contributed by atoms with van der Waals surface area (Å²) in [6, 6.07) is 0. The van der Waals surface area contributed by atoms with Crippen molar-refractivity contribution in [2.24, 2.45) is 0 Å². The summed E-state index contributed by atoms with van der Waals surface area (Å²) in [5, 5.41) is 18.1. The predicted octanol–water partition coefficient (Wildman–Crippen LogP) is 0.684. The molecular formula is C6H9NO4. The second-order valence-corrected chi connectivity index (χ2v) is 2.07. The van der Waals surface area contributed by atoms with Gasteiger partial charge < -0.3 is 5.11 Å². The molecule has 5 nitrogen and oxygen atoms in total. The van der Waals surface area contributed by atoms with Gasteiger partial charge in [0.15, 0.2) is 0 Å². The first kappa shape index (κ1) is 9.61. The molecule has 0 aliphatic rings. The lowest BCUT2D eigenvalue weighted by atomic mass is 10.2.